The molecule has 3 heteroatoms. The molecular formula is C14H15NO2. The Kier molecular flexibility index (Phi) is 3.38. The average Bonchev–Trinajstić information content (AvgIpc) is 2.35. The lowest BCUT2D eigenvalue weighted by Crippen LogP contribution is -2.09. The van der Waals surface area contributed by atoms with Crippen LogP contribution in [0, 0.1) is 6.92 Å². The van der Waals surface area contributed by atoms with Crippen molar-refractivity contribution in [1.82, 2.24) is 4.98 Å². The van der Waals surface area contributed by atoms with Crippen LogP contribution in [0.2, 0.25) is 0 Å². The van der Waals surface area contributed by atoms with Gasteiger partial charge in [0.05, 0.1) is 17.9 Å². The van der Waals surface area contributed by atoms with Crippen molar-refractivity contribution in [3.8, 4) is 0 Å². The number of carbonyl (C=O) groups excluding carboxylic acids is 1. The van der Waals surface area contributed by atoms with Gasteiger partial charge in [-0.15, -0.1) is 0 Å². The van der Waals surface area contributed by atoms with Gasteiger partial charge in [0.2, 0.25) is 0 Å². The molecule has 1 aromatic carbocycles. The Morgan fingerprint density at radius 1 is 1.35 bits per heavy atom. The number of pyridine rings is 1. The van der Waals surface area contributed by atoms with Gasteiger partial charge in [0.15, 0.2) is 0 Å². The Balaban J connectivity index is 2.51. The van der Waals surface area contributed by atoms with E-state index in [9.17, 15) is 4.79 Å². The van der Waals surface area contributed by atoms with Crippen molar-refractivity contribution in [3.05, 3.63) is 41.7 Å². The number of nitrogens with zero attached hydrogens (tertiary/aromatic N) is 1. The van der Waals surface area contributed by atoms with Crippen molar-refractivity contribution in [1.29, 1.82) is 0 Å². The molecule has 0 N–H and O–H groups in total. The van der Waals surface area contributed by atoms with Crippen LogP contribution in [-0.2, 0) is 4.74 Å². The molecular weight excluding hydrogens is 214 g/mol. The lowest BCUT2D eigenvalue weighted by Gasteiger charge is -2.08. The van der Waals surface area contributed by atoms with Gasteiger partial charge < -0.3 is 4.74 Å². The number of aromatic nitrogens is 1. The standard InChI is InChI=1S/C14H15NO2/c1-3-8-17-14(16)13-10(2)15-9-11-6-4-5-7-12(11)13/h4-7,9H,3,8H2,1-2H3. The Bertz CT molecular complexity index is 549. The summed E-state index contributed by atoms with van der Waals surface area (Å²) in [6.45, 7) is 4.25. The molecule has 2 aromatic rings. The topological polar surface area (TPSA) is 39.2 Å². The molecule has 1 heterocycles. The summed E-state index contributed by atoms with van der Waals surface area (Å²) in [6.07, 6.45) is 2.60. The highest BCUT2D eigenvalue weighted by molar-refractivity contribution is 6.05. The van der Waals surface area contributed by atoms with Gasteiger partial charge in [0.25, 0.3) is 0 Å². The van der Waals surface area contributed by atoms with E-state index in [2.05, 4.69) is 4.98 Å². The van der Waals surface area contributed by atoms with Gasteiger partial charge in [-0.25, -0.2) is 4.79 Å². The molecule has 2 rings (SSSR count). The van der Waals surface area contributed by atoms with Crippen molar-refractivity contribution in [2.24, 2.45) is 0 Å². The predicted octanol–water partition coefficient (Wildman–Crippen LogP) is 3.11. The monoisotopic (exact) mass is 229 g/mol. The van der Waals surface area contributed by atoms with E-state index in [0.29, 0.717) is 17.9 Å². The van der Waals surface area contributed by atoms with Gasteiger partial charge in [-0.2, -0.15) is 0 Å². The Morgan fingerprint density at radius 3 is 2.88 bits per heavy atom. The molecule has 17 heavy (non-hydrogen) atoms. The van der Waals surface area contributed by atoms with Gasteiger partial charge in [0, 0.05) is 11.6 Å². The van der Waals surface area contributed by atoms with E-state index < -0.39 is 0 Å². The van der Waals surface area contributed by atoms with E-state index in [1.807, 2.05) is 38.1 Å². The molecule has 0 radical (unpaired) electrons. The van der Waals surface area contributed by atoms with Crippen molar-refractivity contribution in [3.63, 3.8) is 0 Å². The lowest BCUT2D eigenvalue weighted by atomic mass is 10.1. The van der Waals surface area contributed by atoms with E-state index in [1.54, 1.807) is 6.20 Å². The van der Waals surface area contributed by atoms with Crippen LogP contribution in [-0.4, -0.2) is 17.6 Å². The van der Waals surface area contributed by atoms with E-state index in [4.69, 9.17) is 4.74 Å². The van der Waals surface area contributed by atoms with Crippen LogP contribution in [0.3, 0.4) is 0 Å². The first kappa shape index (κ1) is 11.6. The minimum Gasteiger partial charge on any atom is -0.462 e. The summed E-state index contributed by atoms with van der Waals surface area (Å²) in [5.74, 6) is -0.284. The largest absolute Gasteiger partial charge is 0.462 e. The van der Waals surface area contributed by atoms with Crippen LogP contribution in [0.25, 0.3) is 10.8 Å². The second-order valence-corrected chi connectivity index (χ2v) is 3.94. The zero-order valence-electron chi connectivity index (χ0n) is 10.1. The molecule has 0 amide bonds. The number of rotatable bonds is 3. The Morgan fingerprint density at radius 2 is 2.12 bits per heavy atom. The van der Waals surface area contributed by atoms with Crippen LogP contribution in [0.1, 0.15) is 29.4 Å². The van der Waals surface area contributed by atoms with Crippen LogP contribution in [0.15, 0.2) is 30.5 Å². The maximum atomic E-state index is 12.0. The number of ether oxygens (including phenoxy) is 1. The molecule has 0 unspecified atom stereocenters. The zero-order valence-corrected chi connectivity index (χ0v) is 10.1. The Labute approximate surface area is 100 Å². The molecule has 1 aromatic heterocycles. The molecule has 0 bridgehead atoms. The summed E-state index contributed by atoms with van der Waals surface area (Å²) < 4.78 is 5.19. The molecule has 88 valence electrons. The smallest absolute Gasteiger partial charge is 0.340 e. The number of hydrogen-bond acceptors (Lipinski definition) is 3. The molecule has 0 aliphatic rings. The van der Waals surface area contributed by atoms with Crippen molar-refractivity contribution in [2.75, 3.05) is 6.61 Å². The van der Waals surface area contributed by atoms with Crippen LogP contribution in [0.5, 0.6) is 0 Å². The fourth-order valence-electron chi connectivity index (χ4n) is 1.79. The molecule has 0 atom stereocenters. The first-order valence-electron chi connectivity index (χ1n) is 5.75. The van der Waals surface area contributed by atoms with Crippen molar-refractivity contribution < 1.29 is 9.53 Å². The summed E-state index contributed by atoms with van der Waals surface area (Å²) in [7, 11) is 0. The second kappa shape index (κ2) is 4.95. The highest BCUT2D eigenvalue weighted by Gasteiger charge is 2.15. The lowest BCUT2D eigenvalue weighted by molar-refractivity contribution is 0.0506. The van der Waals surface area contributed by atoms with E-state index in [0.717, 1.165) is 17.2 Å². The van der Waals surface area contributed by atoms with E-state index >= 15 is 0 Å². The maximum Gasteiger partial charge on any atom is 0.340 e. The fraction of sp³-hybridized carbons (Fsp3) is 0.286. The number of esters is 1. The molecule has 0 spiro atoms. The van der Waals surface area contributed by atoms with Gasteiger partial charge >= 0.3 is 5.97 Å². The third kappa shape index (κ3) is 2.28. The van der Waals surface area contributed by atoms with Gasteiger partial charge in [-0.05, 0) is 18.7 Å². The Hall–Kier alpha value is -1.90. The highest BCUT2D eigenvalue weighted by atomic mass is 16.5. The summed E-state index contributed by atoms with van der Waals surface area (Å²) in [5.41, 5.74) is 1.29. The molecule has 0 aliphatic heterocycles. The minimum atomic E-state index is -0.284. The molecule has 0 saturated carbocycles. The van der Waals surface area contributed by atoms with E-state index in [1.165, 1.54) is 0 Å². The van der Waals surface area contributed by atoms with Crippen LogP contribution < -0.4 is 0 Å². The number of fused-ring (bicyclic) bond motifs is 1. The first-order chi connectivity index (χ1) is 8.24. The zero-order chi connectivity index (χ0) is 12.3. The maximum absolute atomic E-state index is 12.0. The van der Waals surface area contributed by atoms with Gasteiger partial charge in [0.1, 0.15) is 0 Å². The summed E-state index contributed by atoms with van der Waals surface area (Å²) >= 11 is 0. The quantitative estimate of drug-likeness (QED) is 0.759. The van der Waals surface area contributed by atoms with Crippen LogP contribution >= 0.6 is 0 Å². The van der Waals surface area contributed by atoms with Crippen LogP contribution in [0.4, 0.5) is 0 Å². The number of benzene rings is 1. The van der Waals surface area contributed by atoms with Crippen molar-refractivity contribution in [2.45, 2.75) is 20.3 Å². The molecule has 0 fully saturated rings. The predicted molar refractivity (Wildman–Crippen MR) is 67.1 cm³/mol. The minimum absolute atomic E-state index is 0.284. The average molecular weight is 229 g/mol. The highest BCUT2D eigenvalue weighted by Crippen LogP contribution is 2.21. The van der Waals surface area contributed by atoms with Gasteiger partial charge in [-0.3, -0.25) is 4.98 Å². The second-order valence-electron chi connectivity index (χ2n) is 3.94. The van der Waals surface area contributed by atoms with Gasteiger partial charge in [-0.1, -0.05) is 31.2 Å². The van der Waals surface area contributed by atoms with E-state index in [-0.39, 0.29) is 5.97 Å². The van der Waals surface area contributed by atoms with Crippen molar-refractivity contribution >= 4 is 16.7 Å². The number of hydrogen-bond donors (Lipinski definition) is 0. The SMILES string of the molecule is CCCOC(=O)c1c(C)ncc2ccccc12. The fourth-order valence-corrected chi connectivity index (χ4v) is 1.79. The molecule has 0 aliphatic carbocycles. The normalized spacial score (nSPS) is 10.5. The molecule has 0 saturated heterocycles. The summed E-state index contributed by atoms with van der Waals surface area (Å²) in [6, 6.07) is 7.71. The third-order valence-electron chi connectivity index (χ3n) is 2.63. The first-order valence-corrected chi connectivity index (χ1v) is 5.75. The molecule has 3 nitrogen and oxygen atoms in total. The number of aryl methyl sites for hydroxylation is 1. The third-order valence-corrected chi connectivity index (χ3v) is 2.63. The summed E-state index contributed by atoms with van der Waals surface area (Å²) in [4.78, 5) is 16.2. The summed E-state index contributed by atoms with van der Waals surface area (Å²) in [5, 5.41) is 1.86. The number of carbonyl (C=O) groups is 1.